The minimum absolute atomic E-state index is 0.226. The zero-order valence-corrected chi connectivity index (χ0v) is 10.3. The maximum absolute atomic E-state index is 11.9. The first kappa shape index (κ1) is 12.0. The van der Waals surface area contributed by atoms with Crippen LogP contribution < -0.4 is 11.1 Å². The summed E-state index contributed by atoms with van der Waals surface area (Å²) in [6.07, 6.45) is 1.45. The molecular weight excluding hydrogens is 228 g/mol. The van der Waals surface area contributed by atoms with Crippen molar-refractivity contribution in [1.82, 2.24) is 9.97 Å². The van der Waals surface area contributed by atoms with E-state index in [1.165, 1.54) is 6.20 Å². The van der Waals surface area contributed by atoms with E-state index < -0.39 is 0 Å². The molecule has 0 spiro atoms. The van der Waals surface area contributed by atoms with Crippen molar-refractivity contribution in [2.75, 3.05) is 11.1 Å². The lowest BCUT2D eigenvalue weighted by Gasteiger charge is -2.08. The summed E-state index contributed by atoms with van der Waals surface area (Å²) < 4.78 is 0. The van der Waals surface area contributed by atoms with Crippen LogP contribution in [0.1, 0.15) is 21.7 Å². The molecule has 2 rings (SSSR count). The topological polar surface area (TPSA) is 80.9 Å². The molecule has 0 radical (unpaired) electrons. The molecule has 1 amide bonds. The fraction of sp³-hybridized carbons (Fsp3) is 0.154. The van der Waals surface area contributed by atoms with Gasteiger partial charge >= 0.3 is 0 Å². The van der Waals surface area contributed by atoms with Gasteiger partial charge in [0.25, 0.3) is 5.91 Å². The minimum atomic E-state index is -0.226. The highest BCUT2D eigenvalue weighted by molar-refractivity contribution is 6.04. The lowest BCUT2D eigenvalue weighted by atomic mass is 10.2. The van der Waals surface area contributed by atoms with Gasteiger partial charge in [0.05, 0.1) is 16.9 Å². The molecule has 92 valence electrons. The second-order valence-electron chi connectivity index (χ2n) is 4.01. The van der Waals surface area contributed by atoms with E-state index in [2.05, 4.69) is 15.3 Å². The fourth-order valence-electron chi connectivity index (χ4n) is 1.55. The maximum atomic E-state index is 11.9. The number of pyridine rings is 2. The number of aryl methyl sites for hydroxylation is 2. The van der Waals surface area contributed by atoms with Crippen molar-refractivity contribution in [1.29, 1.82) is 0 Å². The molecule has 0 saturated heterocycles. The molecule has 0 unspecified atom stereocenters. The molecule has 5 nitrogen and oxygen atoms in total. The number of nitrogen functional groups attached to an aromatic ring is 1. The number of hydrogen-bond donors (Lipinski definition) is 2. The average molecular weight is 242 g/mol. The Morgan fingerprint density at radius 1 is 1.22 bits per heavy atom. The van der Waals surface area contributed by atoms with Gasteiger partial charge in [-0.3, -0.25) is 9.78 Å². The number of nitrogens with one attached hydrogen (secondary N) is 1. The van der Waals surface area contributed by atoms with Gasteiger partial charge < -0.3 is 11.1 Å². The van der Waals surface area contributed by atoms with E-state index >= 15 is 0 Å². The van der Waals surface area contributed by atoms with Crippen LogP contribution >= 0.6 is 0 Å². The largest absolute Gasteiger partial charge is 0.384 e. The van der Waals surface area contributed by atoms with E-state index in [-0.39, 0.29) is 5.91 Å². The van der Waals surface area contributed by atoms with E-state index in [1.54, 1.807) is 12.1 Å². The SMILES string of the molecule is Cc1ccc(NC(=O)c2ccc(N)nc2)c(C)n1. The summed E-state index contributed by atoms with van der Waals surface area (Å²) in [7, 11) is 0. The fourth-order valence-corrected chi connectivity index (χ4v) is 1.55. The van der Waals surface area contributed by atoms with E-state index in [0.29, 0.717) is 17.1 Å². The first-order valence-corrected chi connectivity index (χ1v) is 5.53. The highest BCUT2D eigenvalue weighted by Crippen LogP contribution is 2.14. The quantitative estimate of drug-likeness (QED) is 0.843. The Morgan fingerprint density at radius 3 is 2.61 bits per heavy atom. The molecule has 18 heavy (non-hydrogen) atoms. The van der Waals surface area contributed by atoms with Crippen molar-refractivity contribution in [2.45, 2.75) is 13.8 Å². The summed E-state index contributed by atoms with van der Waals surface area (Å²) >= 11 is 0. The van der Waals surface area contributed by atoms with Gasteiger partial charge in [-0.25, -0.2) is 4.98 Å². The molecule has 2 aromatic heterocycles. The first-order valence-electron chi connectivity index (χ1n) is 5.53. The summed E-state index contributed by atoms with van der Waals surface area (Å²) in [5, 5.41) is 2.79. The van der Waals surface area contributed by atoms with Crippen LogP contribution in [0.3, 0.4) is 0 Å². The van der Waals surface area contributed by atoms with Gasteiger partial charge in [0, 0.05) is 11.9 Å². The van der Waals surface area contributed by atoms with Gasteiger partial charge in [0.2, 0.25) is 0 Å². The molecule has 5 heteroatoms. The summed E-state index contributed by atoms with van der Waals surface area (Å²) in [6, 6.07) is 6.91. The van der Waals surface area contributed by atoms with Crippen LogP contribution in [0.15, 0.2) is 30.5 Å². The van der Waals surface area contributed by atoms with Crippen LogP contribution in [0, 0.1) is 13.8 Å². The maximum Gasteiger partial charge on any atom is 0.257 e. The number of carbonyl (C=O) groups excluding carboxylic acids is 1. The standard InChI is InChI=1S/C13H14N4O/c1-8-3-5-11(9(2)16-8)17-13(18)10-4-6-12(14)15-7-10/h3-7H,1-2H3,(H2,14,15)(H,17,18). The molecule has 0 atom stereocenters. The first-order chi connectivity index (χ1) is 8.56. The molecule has 0 saturated carbocycles. The Balaban J connectivity index is 2.18. The zero-order valence-electron chi connectivity index (χ0n) is 10.3. The monoisotopic (exact) mass is 242 g/mol. The minimum Gasteiger partial charge on any atom is -0.384 e. The number of carbonyl (C=O) groups is 1. The number of rotatable bonds is 2. The highest BCUT2D eigenvalue weighted by Gasteiger charge is 2.08. The Hall–Kier alpha value is -2.43. The lowest BCUT2D eigenvalue weighted by molar-refractivity contribution is 0.102. The number of nitrogens with zero attached hydrogens (tertiary/aromatic N) is 2. The lowest BCUT2D eigenvalue weighted by Crippen LogP contribution is -2.13. The molecule has 0 aliphatic rings. The molecule has 2 aromatic rings. The number of nitrogens with two attached hydrogens (primary N) is 1. The number of aromatic nitrogens is 2. The van der Waals surface area contributed by atoms with Gasteiger partial charge in [0.1, 0.15) is 5.82 Å². The van der Waals surface area contributed by atoms with Gasteiger partial charge in [-0.2, -0.15) is 0 Å². The van der Waals surface area contributed by atoms with Crippen molar-refractivity contribution in [3.05, 3.63) is 47.4 Å². The smallest absolute Gasteiger partial charge is 0.257 e. The van der Waals surface area contributed by atoms with Crippen molar-refractivity contribution >= 4 is 17.4 Å². The van der Waals surface area contributed by atoms with E-state index in [0.717, 1.165) is 11.4 Å². The normalized spacial score (nSPS) is 10.1. The second-order valence-corrected chi connectivity index (χ2v) is 4.01. The molecule has 0 bridgehead atoms. The summed E-state index contributed by atoms with van der Waals surface area (Å²) in [6.45, 7) is 3.76. The predicted molar refractivity (Wildman–Crippen MR) is 70.3 cm³/mol. The van der Waals surface area contributed by atoms with E-state index in [1.807, 2.05) is 26.0 Å². The van der Waals surface area contributed by atoms with Gasteiger partial charge in [-0.1, -0.05) is 0 Å². The van der Waals surface area contributed by atoms with Crippen LogP contribution in [-0.2, 0) is 0 Å². The van der Waals surface area contributed by atoms with Crippen molar-refractivity contribution in [3.8, 4) is 0 Å². The summed E-state index contributed by atoms with van der Waals surface area (Å²) in [5.74, 6) is 0.163. The van der Waals surface area contributed by atoms with Gasteiger partial charge in [0.15, 0.2) is 0 Å². The molecule has 0 fully saturated rings. The van der Waals surface area contributed by atoms with Crippen molar-refractivity contribution < 1.29 is 4.79 Å². The molecule has 2 heterocycles. The predicted octanol–water partition coefficient (Wildman–Crippen LogP) is 1.93. The Bertz CT molecular complexity index is 578. The molecule has 0 aliphatic heterocycles. The number of anilines is 2. The highest BCUT2D eigenvalue weighted by atomic mass is 16.1. The van der Waals surface area contributed by atoms with Crippen LogP contribution in [0.4, 0.5) is 11.5 Å². The number of amides is 1. The van der Waals surface area contributed by atoms with Crippen LogP contribution in [0.5, 0.6) is 0 Å². The van der Waals surface area contributed by atoms with E-state index in [4.69, 9.17) is 5.73 Å². The van der Waals surface area contributed by atoms with Gasteiger partial charge in [-0.05, 0) is 38.1 Å². The summed E-state index contributed by atoms with van der Waals surface area (Å²) in [4.78, 5) is 20.1. The van der Waals surface area contributed by atoms with Crippen LogP contribution in [0.25, 0.3) is 0 Å². The molecule has 3 N–H and O–H groups in total. The summed E-state index contributed by atoms with van der Waals surface area (Å²) in [5.41, 5.74) is 8.33. The molecular formula is C13H14N4O. The third kappa shape index (κ3) is 2.63. The Morgan fingerprint density at radius 2 is 2.00 bits per heavy atom. The van der Waals surface area contributed by atoms with Crippen LogP contribution in [-0.4, -0.2) is 15.9 Å². The zero-order chi connectivity index (χ0) is 13.1. The average Bonchev–Trinajstić information content (AvgIpc) is 2.33. The van der Waals surface area contributed by atoms with Crippen molar-refractivity contribution in [2.24, 2.45) is 0 Å². The van der Waals surface area contributed by atoms with Gasteiger partial charge in [-0.15, -0.1) is 0 Å². The third-order valence-electron chi connectivity index (χ3n) is 2.52. The number of hydrogen-bond acceptors (Lipinski definition) is 4. The van der Waals surface area contributed by atoms with Crippen LogP contribution in [0.2, 0.25) is 0 Å². The second kappa shape index (κ2) is 4.83. The Kier molecular flexibility index (Phi) is 3.23. The van der Waals surface area contributed by atoms with E-state index in [9.17, 15) is 4.79 Å². The molecule has 0 aliphatic carbocycles. The van der Waals surface area contributed by atoms with Crippen molar-refractivity contribution in [3.63, 3.8) is 0 Å². The molecule has 0 aromatic carbocycles. The third-order valence-corrected chi connectivity index (χ3v) is 2.52. The Labute approximate surface area is 105 Å².